The molecule has 128 valence electrons. The minimum Gasteiger partial charge on any atom is -0.387 e. The second-order valence-electron chi connectivity index (χ2n) is 6.74. The summed E-state index contributed by atoms with van der Waals surface area (Å²) in [5.41, 5.74) is -0.529. The van der Waals surface area contributed by atoms with Gasteiger partial charge >= 0.3 is 0 Å². The number of rotatable bonds is 3. The summed E-state index contributed by atoms with van der Waals surface area (Å²) in [6.45, 7) is 1.60. The van der Waals surface area contributed by atoms with Crippen molar-refractivity contribution in [1.29, 1.82) is 0 Å². The Morgan fingerprint density at radius 1 is 1.30 bits per heavy atom. The monoisotopic (exact) mass is 328 g/mol. The summed E-state index contributed by atoms with van der Waals surface area (Å²) in [5, 5.41) is 14.7. The topological polar surface area (TPSA) is 61.6 Å². The Hall–Kier alpha value is -1.54. The molecular formula is C15H22F2N4O2. The molecule has 1 atom stereocenters. The van der Waals surface area contributed by atoms with Crippen molar-refractivity contribution in [2.75, 3.05) is 32.7 Å². The predicted molar refractivity (Wildman–Crippen MR) is 79.3 cm³/mol. The first-order valence-corrected chi connectivity index (χ1v) is 7.87. The van der Waals surface area contributed by atoms with E-state index in [1.165, 1.54) is 6.20 Å². The molecule has 2 aliphatic rings. The molecule has 0 radical (unpaired) electrons. The van der Waals surface area contributed by atoms with Crippen LogP contribution in [0, 0.1) is 0 Å². The highest BCUT2D eigenvalue weighted by atomic mass is 19.3. The van der Waals surface area contributed by atoms with E-state index >= 15 is 0 Å². The van der Waals surface area contributed by atoms with Crippen molar-refractivity contribution in [2.45, 2.75) is 30.8 Å². The molecule has 2 saturated heterocycles. The summed E-state index contributed by atoms with van der Waals surface area (Å²) in [5.74, 6) is -2.74. The van der Waals surface area contributed by atoms with Crippen LogP contribution in [0.4, 0.5) is 8.78 Å². The van der Waals surface area contributed by atoms with Crippen LogP contribution in [0.1, 0.15) is 29.6 Å². The fourth-order valence-electron chi connectivity index (χ4n) is 3.33. The van der Waals surface area contributed by atoms with Crippen molar-refractivity contribution in [3.63, 3.8) is 0 Å². The third kappa shape index (κ3) is 3.69. The number of hydrogen-bond donors (Lipinski definition) is 1. The maximum Gasteiger partial charge on any atom is 0.257 e. The summed E-state index contributed by atoms with van der Waals surface area (Å²) >= 11 is 0. The highest BCUT2D eigenvalue weighted by molar-refractivity contribution is 5.94. The number of aromatic nitrogens is 2. The zero-order chi connectivity index (χ0) is 16.7. The van der Waals surface area contributed by atoms with Gasteiger partial charge in [-0.25, -0.2) is 8.78 Å². The van der Waals surface area contributed by atoms with E-state index in [9.17, 15) is 18.7 Å². The molecule has 3 rings (SSSR count). The normalized spacial score (nSPS) is 28.3. The minimum atomic E-state index is -2.59. The number of alkyl halides is 2. The maximum absolute atomic E-state index is 13.2. The number of piperidine rings is 1. The maximum atomic E-state index is 13.2. The van der Waals surface area contributed by atoms with E-state index in [4.69, 9.17) is 0 Å². The molecule has 0 aliphatic carbocycles. The largest absolute Gasteiger partial charge is 0.387 e. The molecule has 8 heteroatoms. The quantitative estimate of drug-likeness (QED) is 0.889. The molecule has 0 spiro atoms. The van der Waals surface area contributed by atoms with E-state index in [-0.39, 0.29) is 38.4 Å². The molecule has 0 aromatic carbocycles. The van der Waals surface area contributed by atoms with Gasteiger partial charge in [0.25, 0.3) is 11.8 Å². The van der Waals surface area contributed by atoms with Crippen molar-refractivity contribution >= 4 is 5.91 Å². The van der Waals surface area contributed by atoms with E-state index in [1.807, 2.05) is 4.90 Å². The lowest BCUT2D eigenvalue weighted by Gasteiger charge is -2.36. The summed E-state index contributed by atoms with van der Waals surface area (Å²) in [6.07, 6.45) is 3.29. The Morgan fingerprint density at radius 2 is 2.00 bits per heavy atom. The second kappa shape index (κ2) is 5.83. The number of hydrogen-bond acceptors (Lipinski definition) is 4. The van der Waals surface area contributed by atoms with Crippen LogP contribution >= 0.6 is 0 Å². The lowest BCUT2D eigenvalue weighted by molar-refractivity contribution is -0.0720. The predicted octanol–water partition coefficient (Wildman–Crippen LogP) is 0.728. The van der Waals surface area contributed by atoms with Gasteiger partial charge in [-0.1, -0.05) is 0 Å². The molecule has 1 amide bonds. The van der Waals surface area contributed by atoms with Crippen molar-refractivity contribution in [3.05, 3.63) is 18.0 Å². The Morgan fingerprint density at radius 3 is 2.61 bits per heavy atom. The number of aryl methyl sites for hydroxylation is 1. The van der Waals surface area contributed by atoms with E-state index in [0.717, 1.165) is 0 Å². The molecule has 1 N–H and O–H groups in total. The molecule has 2 fully saturated rings. The van der Waals surface area contributed by atoms with Gasteiger partial charge in [0.15, 0.2) is 0 Å². The summed E-state index contributed by atoms with van der Waals surface area (Å²) in [7, 11) is 1.74. The highest BCUT2D eigenvalue weighted by Gasteiger charge is 2.42. The first kappa shape index (κ1) is 16.3. The lowest BCUT2D eigenvalue weighted by Crippen LogP contribution is -2.49. The van der Waals surface area contributed by atoms with E-state index < -0.39 is 11.5 Å². The van der Waals surface area contributed by atoms with Crippen molar-refractivity contribution in [3.8, 4) is 0 Å². The van der Waals surface area contributed by atoms with E-state index in [2.05, 4.69) is 5.10 Å². The Bertz CT molecular complexity index is 582. The lowest BCUT2D eigenvalue weighted by atomic mass is 10.00. The van der Waals surface area contributed by atoms with Gasteiger partial charge < -0.3 is 10.0 Å². The summed E-state index contributed by atoms with van der Waals surface area (Å²) in [6, 6.07) is 0. The van der Waals surface area contributed by atoms with Crippen LogP contribution in [0.5, 0.6) is 0 Å². The van der Waals surface area contributed by atoms with Crippen molar-refractivity contribution < 1.29 is 18.7 Å². The van der Waals surface area contributed by atoms with Crippen LogP contribution in [0.25, 0.3) is 0 Å². The van der Waals surface area contributed by atoms with Crippen molar-refractivity contribution in [1.82, 2.24) is 19.6 Å². The van der Waals surface area contributed by atoms with Crippen LogP contribution in [0.3, 0.4) is 0 Å². The van der Waals surface area contributed by atoms with Crippen LogP contribution in [0.15, 0.2) is 12.4 Å². The average molecular weight is 328 g/mol. The number of carbonyl (C=O) groups is 1. The van der Waals surface area contributed by atoms with Gasteiger partial charge in [-0.05, 0) is 6.42 Å². The first-order valence-electron chi connectivity index (χ1n) is 7.87. The molecule has 3 heterocycles. The van der Waals surface area contributed by atoms with E-state index in [0.29, 0.717) is 25.1 Å². The number of amides is 1. The van der Waals surface area contributed by atoms with Gasteiger partial charge in [-0.3, -0.25) is 14.4 Å². The second-order valence-corrected chi connectivity index (χ2v) is 6.74. The van der Waals surface area contributed by atoms with E-state index in [1.54, 1.807) is 22.8 Å². The average Bonchev–Trinajstić information content (AvgIpc) is 3.07. The van der Waals surface area contributed by atoms with Gasteiger partial charge in [0.1, 0.15) is 0 Å². The minimum absolute atomic E-state index is 0.154. The van der Waals surface area contributed by atoms with Gasteiger partial charge in [-0.2, -0.15) is 5.10 Å². The SMILES string of the molecule is Cn1cc(C(=O)N2CC[C@](O)(CN3CCC(F)(F)CC3)C2)cn1. The van der Waals surface area contributed by atoms with Gasteiger partial charge in [0, 0.05) is 52.3 Å². The highest BCUT2D eigenvalue weighted by Crippen LogP contribution is 2.30. The molecule has 1 aromatic rings. The van der Waals surface area contributed by atoms with Crippen molar-refractivity contribution in [2.24, 2.45) is 7.05 Å². The summed E-state index contributed by atoms with van der Waals surface area (Å²) in [4.78, 5) is 15.9. The fraction of sp³-hybridized carbons (Fsp3) is 0.733. The number of aliphatic hydroxyl groups is 1. The Labute approximate surface area is 133 Å². The number of nitrogens with zero attached hydrogens (tertiary/aromatic N) is 4. The Kier molecular flexibility index (Phi) is 4.14. The molecule has 0 saturated carbocycles. The molecule has 23 heavy (non-hydrogen) atoms. The van der Waals surface area contributed by atoms with Gasteiger partial charge in [-0.15, -0.1) is 0 Å². The first-order chi connectivity index (χ1) is 10.8. The number of halogens is 2. The molecule has 2 aliphatic heterocycles. The zero-order valence-corrected chi connectivity index (χ0v) is 13.2. The van der Waals surface area contributed by atoms with Gasteiger partial charge in [0.2, 0.25) is 0 Å². The van der Waals surface area contributed by atoms with Crippen LogP contribution in [-0.2, 0) is 7.05 Å². The third-order valence-electron chi connectivity index (χ3n) is 4.68. The van der Waals surface area contributed by atoms with Crippen LogP contribution in [-0.4, -0.2) is 74.8 Å². The molecule has 0 unspecified atom stereocenters. The number of likely N-dealkylation sites (tertiary alicyclic amines) is 2. The smallest absolute Gasteiger partial charge is 0.257 e. The standard InChI is InChI=1S/C15H22F2N4O2/c1-19-9-12(8-18-19)13(22)21-7-2-14(23,11-21)10-20-5-3-15(16,17)4-6-20/h8-9,23H,2-7,10-11H2,1H3/t14-/m0/s1. The molecule has 6 nitrogen and oxygen atoms in total. The molecular weight excluding hydrogens is 306 g/mol. The summed E-state index contributed by atoms with van der Waals surface area (Å²) < 4.78 is 27.9. The molecule has 1 aromatic heterocycles. The third-order valence-corrected chi connectivity index (χ3v) is 4.68. The zero-order valence-electron chi connectivity index (χ0n) is 13.2. The van der Waals surface area contributed by atoms with Crippen LogP contribution in [0.2, 0.25) is 0 Å². The number of β-amino-alcohol motifs (C(OH)–C–C–N with tert-alkyl or cyclic N) is 1. The van der Waals surface area contributed by atoms with Gasteiger partial charge in [0.05, 0.1) is 23.9 Å². The Balaban J connectivity index is 1.57. The fourth-order valence-corrected chi connectivity index (χ4v) is 3.33. The molecule has 0 bridgehead atoms. The van der Waals surface area contributed by atoms with Crippen LogP contribution < -0.4 is 0 Å². The number of carbonyl (C=O) groups excluding carboxylic acids is 1.